The van der Waals surface area contributed by atoms with Gasteiger partial charge in [-0.1, -0.05) is 31.2 Å². The Hall–Kier alpha value is -2.41. The SMILES string of the molecule is CCN1CCC2(CC1)NC(=O)N([C@@H]1CCCN(C(=O)Cc3ccccc3C)C1)C2=O. The molecule has 1 atom stereocenters. The fraction of sp³-hybridized carbons (Fsp3) is 0.609. The first-order valence-electron chi connectivity index (χ1n) is 11.1. The maximum Gasteiger partial charge on any atom is 0.325 e. The monoisotopic (exact) mass is 412 g/mol. The average Bonchev–Trinajstić information content (AvgIpc) is 2.99. The molecule has 3 heterocycles. The van der Waals surface area contributed by atoms with Gasteiger partial charge in [0.05, 0.1) is 12.5 Å². The van der Waals surface area contributed by atoms with E-state index in [0.29, 0.717) is 32.4 Å². The molecule has 0 saturated carbocycles. The first-order valence-corrected chi connectivity index (χ1v) is 11.1. The number of rotatable bonds is 4. The second kappa shape index (κ2) is 8.38. The Balaban J connectivity index is 1.43. The van der Waals surface area contributed by atoms with E-state index in [1.807, 2.05) is 36.1 Å². The lowest BCUT2D eigenvalue weighted by Gasteiger charge is -2.39. The van der Waals surface area contributed by atoms with Gasteiger partial charge in [-0.15, -0.1) is 0 Å². The Morgan fingerprint density at radius 2 is 1.90 bits per heavy atom. The summed E-state index contributed by atoms with van der Waals surface area (Å²) in [5.74, 6) is -0.0338. The van der Waals surface area contributed by atoms with Crippen LogP contribution in [0.3, 0.4) is 0 Å². The molecule has 3 fully saturated rings. The molecular formula is C23H32N4O3. The Kier molecular flexibility index (Phi) is 5.82. The van der Waals surface area contributed by atoms with E-state index in [2.05, 4.69) is 17.1 Å². The van der Waals surface area contributed by atoms with E-state index in [1.54, 1.807) is 0 Å². The minimum Gasteiger partial charge on any atom is -0.340 e. The van der Waals surface area contributed by atoms with E-state index in [-0.39, 0.29) is 23.9 Å². The standard InChI is InChI=1S/C23H32N4O3/c1-3-25-13-10-23(11-14-25)21(29)27(22(30)24-23)19-9-6-12-26(16-19)20(28)15-18-8-5-4-7-17(18)2/h4-5,7-8,19H,3,6,9-16H2,1-2H3,(H,24,30)/t19-/m1/s1. The fourth-order valence-corrected chi connectivity index (χ4v) is 5.04. The van der Waals surface area contributed by atoms with Crippen molar-refractivity contribution in [2.45, 2.75) is 57.5 Å². The van der Waals surface area contributed by atoms with E-state index in [4.69, 9.17) is 0 Å². The zero-order valence-corrected chi connectivity index (χ0v) is 18.0. The molecule has 0 aromatic heterocycles. The summed E-state index contributed by atoms with van der Waals surface area (Å²) in [6, 6.07) is 7.39. The predicted octanol–water partition coefficient (Wildman–Crippen LogP) is 1.93. The molecular weight excluding hydrogens is 380 g/mol. The van der Waals surface area contributed by atoms with Gasteiger partial charge >= 0.3 is 6.03 Å². The number of carbonyl (C=O) groups excluding carboxylic acids is 3. The van der Waals surface area contributed by atoms with Crippen molar-refractivity contribution in [3.8, 4) is 0 Å². The van der Waals surface area contributed by atoms with Crippen LogP contribution in [-0.4, -0.2) is 76.8 Å². The number of hydrogen-bond donors (Lipinski definition) is 1. The van der Waals surface area contributed by atoms with Crippen molar-refractivity contribution in [3.63, 3.8) is 0 Å². The summed E-state index contributed by atoms with van der Waals surface area (Å²) in [6.45, 7) is 7.84. The molecule has 1 aromatic rings. The summed E-state index contributed by atoms with van der Waals surface area (Å²) in [7, 11) is 0. The van der Waals surface area contributed by atoms with Crippen LogP contribution in [0.1, 0.15) is 43.7 Å². The highest BCUT2D eigenvalue weighted by molar-refractivity contribution is 6.07. The van der Waals surface area contributed by atoms with Crippen LogP contribution in [0.5, 0.6) is 0 Å². The number of urea groups is 1. The maximum atomic E-state index is 13.3. The number of nitrogens with one attached hydrogen (secondary N) is 1. The number of piperidine rings is 2. The van der Waals surface area contributed by atoms with Crippen LogP contribution >= 0.6 is 0 Å². The molecule has 0 radical (unpaired) electrons. The van der Waals surface area contributed by atoms with Crippen LogP contribution in [-0.2, 0) is 16.0 Å². The van der Waals surface area contributed by atoms with Gasteiger partial charge in [0.2, 0.25) is 5.91 Å². The summed E-state index contributed by atoms with van der Waals surface area (Å²) in [4.78, 5) is 44.6. The van der Waals surface area contributed by atoms with Crippen molar-refractivity contribution in [3.05, 3.63) is 35.4 Å². The second-order valence-electron chi connectivity index (χ2n) is 8.86. The lowest BCUT2D eigenvalue weighted by Crippen LogP contribution is -2.56. The number of imide groups is 1. The number of nitrogens with zero attached hydrogens (tertiary/aromatic N) is 3. The van der Waals surface area contributed by atoms with E-state index >= 15 is 0 Å². The highest BCUT2D eigenvalue weighted by atomic mass is 16.2. The van der Waals surface area contributed by atoms with E-state index < -0.39 is 5.54 Å². The van der Waals surface area contributed by atoms with Crippen LogP contribution in [0, 0.1) is 6.92 Å². The Morgan fingerprint density at radius 3 is 2.60 bits per heavy atom. The molecule has 4 rings (SSSR count). The molecule has 1 N–H and O–H groups in total. The highest BCUT2D eigenvalue weighted by Crippen LogP contribution is 2.32. The molecule has 1 spiro atoms. The summed E-state index contributed by atoms with van der Waals surface area (Å²) >= 11 is 0. The Bertz CT molecular complexity index is 831. The highest BCUT2D eigenvalue weighted by Gasteiger charge is 2.54. The van der Waals surface area contributed by atoms with Crippen molar-refractivity contribution < 1.29 is 14.4 Å². The normalized spacial score (nSPS) is 24.4. The fourth-order valence-electron chi connectivity index (χ4n) is 5.04. The molecule has 0 unspecified atom stereocenters. The van der Waals surface area contributed by atoms with Crippen LogP contribution in [0.25, 0.3) is 0 Å². The van der Waals surface area contributed by atoms with Gasteiger partial charge in [0.25, 0.3) is 5.91 Å². The van der Waals surface area contributed by atoms with Crippen LogP contribution in [0.2, 0.25) is 0 Å². The quantitative estimate of drug-likeness (QED) is 0.767. The van der Waals surface area contributed by atoms with E-state index in [9.17, 15) is 14.4 Å². The molecule has 3 saturated heterocycles. The minimum atomic E-state index is -0.754. The number of likely N-dealkylation sites (tertiary alicyclic amines) is 2. The molecule has 3 aliphatic rings. The molecule has 1 aromatic carbocycles. The largest absolute Gasteiger partial charge is 0.340 e. The predicted molar refractivity (Wildman–Crippen MR) is 114 cm³/mol. The van der Waals surface area contributed by atoms with Crippen molar-refractivity contribution in [2.75, 3.05) is 32.7 Å². The number of hydrogen-bond acceptors (Lipinski definition) is 4. The number of amides is 4. The van der Waals surface area contributed by atoms with Gasteiger partial charge in [-0.2, -0.15) is 0 Å². The summed E-state index contributed by atoms with van der Waals surface area (Å²) in [5.41, 5.74) is 1.38. The van der Waals surface area contributed by atoms with Crippen molar-refractivity contribution >= 4 is 17.8 Å². The third kappa shape index (κ3) is 3.83. The summed E-state index contributed by atoms with van der Waals surface area (Å²) < 4.78 is 0. The van der Waals surface area contributed by atoms with Crippen molar-refractivity contribution in [1.29, 1.82) is 0 Å². The lowest BCUT2D eigenvalue weighted by molar-refractivity contribution is -0.138. The lowest BCUT2D eigenvalue weighted by atomic mass is 9.87. The first-order chi connectivity index (χ1) is 14.4. The molecule has 0 bridgehead atoms. The van der Waals surface area contributed by atoms with E-state index in [0.717, 1.165) is 43.6 Å². The molecule has 7 heteroatoms. The number of carbonyl (C=O) groups is 3. The molecule has 4 amide bonds. The van der Waals surface area contributed by atoms with Crippen molar-refractivity contribution in [2.24, 2.45) is 0 Å². The topological polar surface area (TPSA) is 73.0 Å². The van der Waals surface area contributed by atoms with Gasteiger partial charge in [-0.05, 0) is 50.3 Å². The summed E-state index contributed by atoms with van der Waals surface area (Å²) in [6.07, 6.45) is 3.23. The van der Waals surface area contributed by atoms with Crippen LogP contribution in [0.15, 0.2) is 24.3 Å². The molecule has 7 nitrogen and oxygen atoms in total. The number of aryl methyl sites for hydroxylation is 1. The molecule has 30 heavy (non-hydrogen) atoms. The third-order valence-corrected chi connectivity index (χ3v) is 7.07. The van der Waals surface area contributed by atoms with Gasteiger partial charge < -0.3 is 15.1 Å². The molecule has 162 valence electrons. The zero-order valence-electron chi connectivity index (χ0n) is 18.0. The Morgan fingerprint density at radius 1 is 1.17 bits per heavy atom. The van der Waals surface area contributed by atoms with Gasteiger partial charge in [0.1, 0.15) is 5.54 Å². The number of benzene rings is 1. The average molecular weight is 413 g/mol. The minimum absolute atomic E-state index is 0.0621. The van der Waals surface area contributed by atoms with Gasteiger partial charge in [-0.25, -0.2) is 4.79 Å². The third-order valence-electron chi connectivity index (χ3n) is 7.07. The van der Waals surface area contributed by atoms with Gasteiger partial charge in [0, 0.05) is 26.2 Å². The van der Waals surface area contributed by atoms with Gasteiger partial charge in [0.15, 0.2) is 0 Å². The van der Waals surface area contributed by atoms with Crippen LogP contribution < -0.4 is 5.32 Å². The Labute approximate surface area is 178 Å². The molecule has 0 aliphatic carbocycles. The van der Waals surface area contributed by atoms with Gasteiger partial charge in [-0.3, -0.25) is 14.5 Å². The summed E-state index contributed by atoms with van der Waals surface area (Å²) in [5, 5.41) is 3.01. The molecule has 3 aliphatic heterocycles. The van der Waals surface area contributed by atoms with E-state index in [1.165, 1.54) is 4.90 Å². The maximum absolute atomic E-state index is 13.3. The van der Waals surface area contributed by atoms with Crippen molar-refractivity contribution in [1.82, 2.24) is 20.0 Å². The first kappa shape index (κ1) is 20.8. The zero-order chi connectivity index (χ0) is 21.3. The smallest absolute Gasteiger partial charge is 0.325 e. The van der Waals surface area contributed by atoms with Crippen LogP contribution in [0.4, 0.5) is 4.79 Å². The second-order valence-corrected chi connectivity index (χ2v) is 8.86.